The van der Waals surface area contributed by atoms with Crippen LogP contribution in [0, 0.1) is 5.92 Å². The summed E-state index contributed by atoms with van der Waals surface area (Å²) in [6.45, 7) is 5.34. The van der Waals surface area contributed by atoms with Crippen LogP contribution in [0.4, 0.5) is 0 Å². The molecule has 2 heterocycles. The molecule has 6 nitrogen and oxygen atoms in total. The SMILES string of the molecule is CC1CN(C)CCN1S(=O)(=O)N1CCC(CO)CC1. The molecule has 1 atom stereocenters. The third-order valence-corrected chi connectivity index (χ3v) is 6.38. The Bertz CT molecular complexity index is 393. The van der Waals surface area contributed by atoms with Crippen molar-refractivity contribution < 1.29 is 13.5 Å². The topological polar surface area (TPSA) is 64.1 Å². The Morgan fingerprint density at radius 1 is 1.16 bits per heavy atom. The molecule has 1 unspecified atom stereocenters. The molecule has 0 aliphatic carbocycles. The van der Waals surface area contributed by atoms with E-state index in [0.717, 1.165) is 25.9 Å². The van der Waals surface area contributed by atoms with Gasteiger partial charge in [-0.25, -0.2) is 0 Å². The largest absolute Gasteiger partial charge is 0.396 e. The van der Waals surface area contributed by atoms with Crippen molar-refractivity contribution >= 4 is 10.2 Å². The first-order valence-electron chi connectivity index (χ1n) is 7.01. The second-order valence-corrected chi connectivity index (χ2v) is 7.64. The van der Waals surface area contributed by atoms with Gasteiger partial charge in [-0.1, -0.05) is 0 Å². The number of nitrogens with zero attached hydrogens (tertiary/aromatic N) is 3. The third-order valence-electron chi connectivity index (χ3n) is 4.22. The van der Waals surface area contributed by atoms with Gasteiger partial charge in [-0.3, -0.25) is 0 Å². The highest BCUT2D eigenvalue weighted by atomic mass is 32.2. The third kappa shape index (κ3) is 3.28. The highest BCUT2D eigenvalue weighted by Crippen LogP contribution is 2.23. The molecular formula is C12H25N3O3S. The summed E-state index contributed by atoms with van der Waals surface area (Å²) in [7, 11) is -1.31. The monoisotopic (exact) mass is 291 g/mol. The lowest BCUT2D eigenvalue weighted by atomic mass is 10.00. The summed E-state index contributed by atoms with van der Waals surface area (Å²) in [6.07, 6.45) is 1.52. The fourth-order valence-electron chi connectivity index (χ4n) is 2.94. The molecule has 2 fully saturated rings. The van der Waals surface area contributed by atoms with Crippen molar-refractivity contribution in [2.24, 2.45) is 5.92 Å². The van der Waals surface area contributed by atoms with Crippen molar-refractivity contribution in [3.63, 3.8) is 0 Å². The van der Waals surface area contributed by atoms with Gasteiger partial charge in [0.05, 0.1) is 0 Å². The van der Waals surface area contributed by atoms with E-state index in [-0.39, 0.29) is 18.6 Å². The van der Waals surface area contributed by atoms with E-state index in [0.29, 0.717) is 19.6 Å². The number of piperidine rings is 1. The van der Waals surface area contributed by atoms with E-state index >= 15 is 0 Å². The van der Waals surface area contributed by atoms with Crippen molar-refractivity contribution in [3.05, 3.63) is 0 Å². The predicted octanol–water partition coefficient (Wildman–Crippen LogP) is -0.429. The Kier molecular flexibility index (Phi) is 4.84. The fourth-order valence-corrected chi connectivity index (χ4v) is 4.74. The first-order valence-corrected chi connectivity index (χ1v) is 8.41. The molecule has 2 aliphatic heterocycles. The lowest BCUT2D eigenvalue weighted by molar-refractivity contribution is 0.144. The molecule has 2 saturated heterocycles. The molecule has 0 saturated carbocycles. The van der Waals surface area contributed by atoms with E-state index in [1.807, 2.05) is 14.0 Å². The minimum atomic E-state index is -3.33. The number of hydrogen-bond acceptors (Lipinski definition) is 4. The molecule has 19 heavy (non-hydrogen) atoms. The van der Waals surface area contributed by atoms with Gasteiger partial charge in [-0.05, 0) is 32.7 Å². The Morgan fingerprint density at radius 3 is 2.32 bits per heavy atom. The Hall–Kier alpha value is -0.210. The molecule has 0 aromatic carbocycles. The van der Waals surface area contributed by atoms with E-state index in [4.69, 9.17) is 5.11 Å². The minimum Gasteiger partial charge on any atom is -0.396 e. The molecule has 0 amide bonds. The maximum Gasteiger partial charge on any atom is 0.282 e. The van der Waals surface area contributed by atoms with Crippen LogP contribution in [0.15, 0.2) is 0 Å². The molecule has 0 spiro atoms. The van der Waals surface area contributed by atoms with E-state index in [1.54, 1.807) is 8.61 Å². The van der Waals surface area contributed by atoms with Crippen molar-refractivity contribution in [2.45, 2.75) is 25.8 Å². The number of likely N-dealkylation sites (N-methyl/N-ethyl adjacent to an activating group) is 1. The van der Waals surface area contributed by atoms with Gasteiger partial charge in [0.2, 0.25) is 0 Å². The van der Waals surface area contributed by atoms with E-state index < -0.39 is 10.2 Å². The number of rotatable bonds is 3. The van der Waals surface area contributed by atoms with Gasteiger partial charge in [0, 0.05) is 45.4 Å². The first kappa shape index (κ1) is 15.2. The summed E-state index contributed by atoms with van der Waals surface area (Å²) in [6, 6.07) is 0.0271. The summed E-state index contributed by atoms with van der Waals surface area (Å²) in [5.74, 6) is 0.261. The zero-order chi connectivity index (χ0) is 14.0. The second kappa shape index (κ2) is 6.05. The minimum absolute atomic E-state index is 0.0271. The van der Waals surface area contributed by atoms with Crippen LogP contribution >= 0.6 is 0 Å². The van der Waals surface area contributed by atoms with Gasteiger partial charge in [-0.2, -0.15) is 17.0 Å². The maximum absolute atomic E-state index is 12.6. The quantitative estimate of drug-likeness (QED) is 0.766. The molecule has 0 radical (unpaired) electrons. The molecule has 112 valence electrons. The summed E-state index contributed by atoms with van der Waals surface area (Å²) in [5, 5.41) is 9.12. The van der Waals surface area contributed by atoms with Crippen molar-refractivity contribution in [3.8, 4) is 0 Å². The summed E-state index contributed by atoms with van der Waals surface area (Å²) in [4.78, 5) is 2.16. The number of piperazine rings is 1. The zero-order valence-corrected chi connectivity index (χ0v) is 12.6. The van der Waals surface area contributed by atoms with E-state index in [9.17, 15) is 8.42 Å². The van der Waals surface area contributed by atoms with E-state index in [1.165, 1.54) is 0 Å². The van der Waals surface area contributed by atoms with Crippen LogP contribution in [0.1, 0.15) is 19.8 Å². The highest BCUT2D eigenvalue weighted by molar-refractivity contribution is 7.86. The van der Waals surface area contributed by atoms with Crippen LogP contribution in [0.3, 0.4) is 0 Å². The fraction of sp³-hybridized carbons (Fsp3) is 1.00. The van der Waals surface area contributed by atoms with Gasteiger partial charge in [0.25, 0.3) is 10.2 Å². The Balaban J connectivity index is 2.02. The van der Waals surface area contributed by atoms with Gasteiger partial charge in [0.1, 0.15) is 0 Å². The lowest BCUT2D eigenvalue weighted by Gasteiger charge is -2.41. The molecule has 0 aromatic heterocycles. The number of aliphatic hydroxyl groups is 1. The van der Waals surface area contributed by atoms with Crippen LogP contribution in [0.25, 0.3) is 0 Å². The van der Waals surface area contributed by atoms with Gasteiger partial charge in [-0.15, -0.1) is 0 Å². The van der Waals surface area contributed by atoms with Gasteiger partial charge < -0.3 is 10.0 Å². The standard InChI is InChI=1S/C12H25N3O3S/c1-11-9-13(2)7-8-15(11)19(17,18)14-5-3-12(10-16)4-6-14/h11-12,16H,3-10H2,1-2H3. The second-order valence-electron chi connectivity index (χ2n) is 5.75. The molecule has 2 aliphatic rings. The van der Waals surface area contributed by atoms with Crippen molar-refractivity contribution in [1.29, 1.82) is 0 Å². The Morgan fingerprint density at radius 2 is 1.79 bits per heavy atom. The maximum atomic E-state index is 12.6. The molecule has 2 rings (SSSR count). The van der Waals surface area contributed by atoms with Crippen LogP contribution in [0.2, 0.25) is 0 Å². The highest BCUT2D eigenvalue weighted by Gasteiger charge is 2.37. The molecule has 0 aromatic rings. The number of hydrogen-bond donors (Lipinski definition) is 1. The zero-order valence-electron chi connectivity index (χ0n) is 11.8. The summed E-state index contributed by atoms with van der Waals surface area (Å²) < 4.78 is 28.5. The summed E-state index contributed by atoms with van der Waals surface area (Å²) in [5.41, 5.74) is 0. The molecule has 7 heteroatoms. The van der Waals surface area contributed by atoms with E-state index in [2.05, 4.69) is 4.90 Å². The Labute approximate surface area is 116 Å². The van der Waals surface area contributed by atoms with Crippen molar-refractivity contribution in [2.75, 3.05) is 46.4 Å². The normalized spacial score (nSPS) is 29.7. The summed E-state index contributed by atoms with van der Waals surface area (Å²) >= 11 is 0. The molecule has 0 bridgehead atoms. The van der Waals surface area contributed by atoms with Gasteiger partial charge >= 0.3 is 0 Å². The average Bonchev–Trinajstić information content (AvgIpc) is 2.38. The average molecular weight is 291 g/mol. The number of aliphatic hydroxyl groups excluding tert-OH is 1. The van der Waals surface area contributed by atoms with Crippen LogP contribution in [0.5, 0.6) is 0 Å². The van der Waals surface area contributed by atoms with Crippen molar-refractivity contribution in [1.82, 2.24) is 13.5 Å². The van der Waals surface area contributed by atoms with Crippen LogP contribution < -0.4 is 0 Å². The van der Waals surface area contributed by atoms with Crippen LogP contribution in [-0.2, 0) is 10.2 Å². The van der Waals surface area contributed by atoms with Crippen LogP contribution in [-0.4, -0.2) is 79.5 Å². The lowest BCUT2D eigenvalue weighted by Crippen LogP contribution is -2.57. The smallest absolute Gasteiger partial charge is 0.282 e. The first-order chi connectivity index (χ1) is 8.95. The molecule has 1 N–H and O–H groups in total. The van der Waals surface area contributed by atoms with Gasteiger partial charge in [0.15, 0.2) is 0 Å². The molecular weight excluding hydrogens is 266 g/mol. The predicted molar refractivity (Wildman–Crippen MR) is 74.0 cm³/mol.